The Morgan fingerprint density at radius 1 is 1.14 bits per heavy atom. The van der Waals surface area contributed by atoms with E-state index >= 15 is 0 Å². The fourth-order valence-electron chi connectivity index (χ4n) is 1.63. The van der Waals surface area contributed by atoms with E-state index < -0.39 is 0 Å². The Labute approximate surface area is 95.3 Å². The monoisotopic (exact) mass is 235 g/mol. The minimum absolute atomic E-state index is 0.176. The van der Waals surface area contributed by atoms with Crippen molar-refractivity contribution >= 4 is 20.7 Å². The van der Waals surface area contributed by atoms with Crippen molar-refractivity contribution in [2.45, 2.75) is 57.6 Å². The van der Waals surface area contributed by atoms with Crippen molar-refractivity contribution in [1.82, 2.24) is 0 Å². The molecule has 0 heterocycles. The van der Waals surface area contributed by atoms with Crippen molar-refractivity contribution in [3.63, 3.8) is 0 Å². The maximum atomic E-state index is 5.48. The fourth-order valence-corrected chi connectivity index (χ4v) is 5.51. The first-order valence-electron chi connectivity index (χ1n) is 5.85. The highest BCUT2D eigenvalue weighted by atomic mass is 32.2. The van der Waals surface area contributed by atoms with E-state index in [-0.39, 0.29) is 9.76 Å². The Balaban J connectivity index is 3.52. The molecular formula is C11H27OSSi+. The Morgan fingerprint density at radius 2 is 1.71 bits per heavy atom. The van der Waals surface area contributed by atoms with Crippen LogP contribution in [0.1, 0.15) is 41.0 Å². The van der Waals surface area contributed by atoms with Crippen LogP contribution in [-0.4, -0.2) is 32.6 Å². The summed E-state index contributed by atoms with van der Waals surface area (Å²) < 4.78 is 5.48. The molecule has 1 nitrogen and oxygen atoms in total. The van der Waals surface area contributed by atoms with Gasteiger partial charge in [0.05, 0.1) is 0 Å². The molecule has 0 rings (SSSR count). The second-order valence-electron chi connectivity index (χ2n) is 4.18. The van der Waals surface area contributed by atoms with Gasteiger partial charge in [0.1, 0.15) is 16.3 Å². The SMILES string of the molecule is CCO[SiH2]CCC[S+](C(C)C)C(C)C. The molecule has 0 amide bonds. The van der Waals surface area contributed by atoms with Crippen LogP contribution in [0.2, 0.25) is 6.04 Å². The topological polar surface area (TPSA) is 9.23 Å². The van der Waals surface area contributed by atoms with Crippen molar-refractivity contribution in [2.24, 2.45) is 0 Å². The van der Waals surface area contributed by atoms with Gasteiger partial charge in [-0.1, -0.05) is 0 Å². The Morgan fingerprint density at radius 3 is 2.14 bits per heavy atom. The molecule has 0 aromatic heterocycles. The third-order valence-corrected chi connectivity index (χ3v) is 7.00. The van der Waals surface area contributed by atoms with Gasteiger partial charge < -0.3 is 4.43 Å². The van der Waals surface area contributed by atoms with Crippen LogP contribution in [0, 0.1) is 0 Å². The van der Waals surface area contributed by atoms with Gasteiger partial charge in [0.25, 0.3) is 0 Å². The summed E-state index contributed by atoms with van der Waals surface area (Å²) in [6.45, 7) is 12.5. The molecule has 86 valence electrons. The maximum absolute atomic E-state index is 5.48. The summed E-state index contributed by atoms with van der Waals surface area (Å²) >= 11 is 0. The summed E-state index contributed by atoms with van der Waals surface area (Å²) in [5, 5.41) is 1.73. The van der Waals surface area contributed by atoms with E-state index in [9.17, 15) is 0 Å². The lowest BCUT2D eigenvalue weighted by Crippen LogP contribution is -2.27. The molecule has 0 aromatic carbocycles. The molecule has 0 aliphatic carbocycles. The molecule has 0 atom stereocenters. The highest BCUT2D eigenvalue weighted by Crippen LogP contribution is 2.14. The number of hydrogen-bond acceptors (Lipinski definition) is 1. The average molecular weight is 235 g/mol. The normalized spacial score (nSPS) is 12.9. The summed E-state index contributed by atoms with van der Waals surface area (Å²) in [7, 11) is 0.457. The van der Waals surface area contributed by atoms with Gasteiger partial charge in [-0.05, 0) is 58.0 Å². The van der Waals surface area contributed by atoms with Crippen LogP contribution in [0.5, 0.6) is 0 Å². The summed E-state index contributed by atoms with van der Waals surface area (Å²) in [5.74, 6) is 1.43. The molecule has 0 radical (unpaired) electrons. The summed E-state index contributed by atoms with van der Waals surface area (Å²) in [5.41, 5.74) is 0. The van der Waals surface area contributed by atoms with E-state index in [1.165, 1.54) is 18.2 Å². The third-order valence-electron chi connectivity index (χ3n) is 2.33. The minimum Gasteiger partial charge on any atom is -0.424 e. The molecule has 3 heteroatoms. The Bertz CT molecular complexity index is 120. The molecule has 14 heavy (non-hydrogen) atoms. The first kappa shape index (κ1) is 14.5. The van der Waals surface area contributed by atoms with Crippen LogP contribution in [0.25, 0.3) is 0 Å². The maximum Gasteiger partial charge on any atom is 0.161 e. The van der Waals surface area contributed by atoms with Gasteiger partial charge in [0.2, 0.25) is 0 Å². The lowest BCUT2D eigenvalue weighted by molar-refractivity contribution is 0.359. The van der Waals surface area contributed by atoms with Crippen molar-refractivity contribution in [1.29, 1.82) is 0 Å². The summed E-state index contributed by atoms with van der Waals surface area (Å²) in [6, 6.07) is 1.37. The fraction of sp³-hybridized carbons (Fsp3) is 1.00. The predicted octanol–water partition coefficient (Wildman–Crippen LogP) is 2.35. The molecule has 0 bridgehead atoms. The van der Waals surface area contributed by atoms with Gasteiger partial charge in [0.15, 0.2) is 9.76 Å². The summed E-state index contributed by atoms with van der Waals surface area (Å²) in [6.07, 6.45) is 1.39. The predicted molar refractivity (Wildman–Crippen MR) is 72.1 cm³/mol. The van der Waals surface area contributed by atoms with Crippen molar-refractivity contribution in [2.75, 3.05) is 12.4 Å². The lowest BCUT2D eigenvalue weighted by Gasteiger charge is -2.15. The first-order chi connectivity index (χ1) is 6.59. The molecular weight excluding hydrogens is 208 g/mol. The molecule has 0 fully saturated rings. The Kier molecular flexibility index (Phi) is 9.14. The highest BCUT2D eigenvalue weighted by Gasteiger charge is 2.25. The van der Waals surface area contributed by atoms with Gasteiger partial charge in [0, 0.05) is 6.61 Å². The van der Waals surface area contributed by atoms with Gasteiger partial charge in [-0.3, -0.25) is 0 Å². The molecule has 0 aliphatic rings. The largest absolute Gasteiger partial charge is 0.424 e. The zero-order valence-electron chi connectivity index (χ0n) is 10.5. The van der Waals surface area contributed by atoms with Crippen molar-refractivity contribution in [3.05, 3.63) is 0 Å². The van der Waals surface area contributed by atoms with Crippen LogP contribution in [0.15, 0.2) is 0 Å². The van der Waals surface area contributed by atoms with Crippen LogP contribution in [-0.2, 0) is 15.3 Å². The van der Waals surface area contributed by atoms with Gasteiger partial charge in [-0.2, -0.15) is 0 Å². The van der Waals surface area contributed by atoms with E-state index in [4.69, 9.17) is 4.43 Å². The van der Waals surface area contributed by atoms with E-state index in [1.807, 2.05) is 0 Å². The zero-order valence-corrected chi connectivity index (χ0v) is 12.7. The molecule has 0 saturated carbocycles. The molecule has 0 spiro atoms. The molecule has 0 aliphatic heterocycles. The quantitative estimate of drug-likeness (QED) is 0.356. The van der Waals surface area contributed by atoms with Crippen molar-refractivity contribution in [3.8, 4) is 0 Å². The van der Waals surface area contributed by atoms with Crippen molar-refractivity contribution < 1.29 is 4.43 Å². The lowest BCUT2D eigenvalue weighted by atomic mass is 10.5. The van der Waals surface area contributed by atoms with E-state index in [0.717, 1.165) is 17.1 Å². The number of hydrogen-bond donors (Lipinski definition) is 0. The second-order valence-corrected chi connectivity index (χ2v) is 8.93. The van der Waals surface area contributed by atoms with E-state index in [2.05, 4.69) is 34.6 Å². The summed E-state index contributed by atoms with van der Waals surface area (Å²) in [4.78, 5) is 0. The van der Waals surface area contributed by atoms with E-state index in [0.29, 0.717) is 10.9 Å². The van der Waals surface area contributed by atoms with Gasteiger partial charge in [-0.25, -0.2) is 0 Å². The molecule has 0 unspecified atom stereocenters. The molecule has 0 aromatic rings. The average Bonchev–Trinajstić information content (AvgIpc) is 2.09. The van der Waals surface area contributed by atoms with Gasteiger partial charge in [-0.15, -0.1) is 0 Å². The van der Waals surface area contributed by atoms with Crippen LogP contribution < -0.4 is 0 Å². The first-order valence-corrected chi connectivity index (χ1v) is 8.95. The van der Waals surface area contributed by atoms with Gasteiger partial charge >= 0.3 is 0 Å². The molecule has 0 N–H and O–H groups in total. The smallest absolute Gasteiger partial charge is 0.161 e. The second kappa shape index (κ2) is 8.80. The standard InChI is InChI=1S/C11H27OSSi/c1-6-12-14-9-7-8-13(10(2)3)11(4)5/h10-11H,6-9,14H2,1-5H3/q+1. The van der Waals surface area contributed by atoms with Crippen LogP contribution in [0.3, 0.4) is 0 Å². The minimum atomic E-state index is -0.176. The third kappa shape index (κ3) is 6.90. The van der Waals surface area contributed by atoms with Crippen LogP contribution >= 0.6 is 0 Å². The number of rotatable bonds is 8. The Hall–Kier alpha value is 0.527. The highest BCUT2D eigenvalue weighted by molar-refractivity contribution is 7.97. The zero-order chi connectivity index (χ0) is 11.0. The van der Waals surface area contributed by atoms with Crippen LogP contribution in [0.4, 0.5) is 0 Å². The molecule has 0 saturated heterocycles. The van der Waals surface area contributed by atoms with E-state index in [1.54, 1.807) is 0 Å².